The van der Waals surface area contributed by atoms with Crippen molar-refractivity contribution in [3.63, 3.8) is 0 Å². The second-order valence-corrected chi connectivity index (χ2v) is 5.60. The molecule has 0 unspecified atom stereocenters. The van der Waals surface area contributed by atoms with E-state index in [2.05, 4.69) is 28.6 Å². The highest BCUT2D eigenvalue weighted by Gasteiger charge is 2.20. The molecule has 3 rings (SSSR count). The molecule has 1 aromatic carbocycles. The number of hydrogen-bond donors (Lipinski definition) is 0. The molecule has 0 radical (unpaired) electrons. The van der Waals surface area contributed by atoms with Gasteiger partial charge in [-0.25, -0.2) is 9.37 Å². The second kappa shape index (κ2) is 6.58. The number of pyridine rings is 1. The number of rotatable bonds is 2. The predicted molar refractivity (Wildman–Crippen MR) is 87.9 cm³/mol. The molecule has 0 amide bonds. The molecule has 1 aromatic heterocycles. The number of aromatic nitrogens is 1. The van der Waals surface area contributed by atoms with Gasteiger partial charge in [-0.15, -0.1) is 12.4 Å². The number of halogens is 2. The van der Waals surface area contributed by atoms with Crippen LogP contribution in [0, 0.1) is 5.82 Å². The number of anilines is 1. The molecule has 1 aliphatic rings. The maximum atomic E-state index is 13.8. The van der Waals surface area contributed by atoms with Crippen LogP contribution in [0.5, 0.6) is 0 Å². The maximum Gasteiger partial charge on any atom is 0.149 e. The summed E-state index contributed by atoms with van der Waals surface area (Å²) in [5, 5.41) is 0.856. The van der Waals surface area contributed by atoms with Gasteiger partial charge in [-0.1, -0.05) is 12.1 Å². The second-order valence-electron chi connectivity index (χ2n) is 5.60. The fourth-order valence-corrected chi connectivity index (χ4v) is 2.74. The van der Waals surface area contributed by atoms with Crippen molar-refractivity contribution in [1.82, 2.24) is 9.88 Å². The average molecular weight is 310 g/mol. The summed E-state index contributed by atoms with van der Waals surface area (Å²) in [5.41, 5.74) is 0.469. The van der Waals surface area contributed by atoms with Crippen molar-refractivity contribution in [3.05, 3.63) is 36.1 Å². The first kappa shape index (κ1) is 16.0. The van der Waals surface area contributed by atoms with Crippen LogP contribution in [-0.4, -0.2) is 42.1 Å². The Kier molecular flexibility index (Phi) is 5.01. The molecular weight excluding hydrogens is 289 g/mol. The van der Waals surface area contributed by atoms with E-state index < -0.39 is 0 Å². The topological polar surface area (TPSA) is 19.4 Å². The zero-order valence-electron chi connectivity index (χ0n) is 12.4. The van der Waals surface area contributed by atoms with E-state index in [0.717, 1.165) is 37.4 Å². The van der Waals surface area contributed by atoms with Gasteiger partial charge in [0.2, 0.25) is 0 Å². The Morgan fingerprint density at radius 3 is 2.43 bits per heavy atom. The number of para-hydroxylation sites is 1. The molecule has 0 saturated carbocycles. The van der Waals surface area contributed by atoms with Crippen molar-refractivity contribution in [3.8, 4) is 0 Å². The van der Waals surface area contributed by atoms with Gasteiger partial charge in [0, 0.05) is 37.6 Å². The van der Waals surface area contributed by atoms with Crippen molar-refractivity contribution >= 4 is 29.1 Å². The van der Waals surface area contributed by atoms with Crippen molar-refractivity contribution in [2.45, 2.75) is 19.9 Å². The van der Waals surface area contributed by atoms with Gasteiger partial charge in [-0.3, -0.25) is 4.90 Å². The van der Waals surface area contributed by atoms with Crippen LogP contribution < -0.4 is 4.90 Å². The first-order valence-electron chi connectivity index (χ1n) is 7.19. The molecule has 2 aromatic rings. The number of fused-ring (bicyclic) bond motifs is 1. The van der Waals surface area contributed by atoms with Gasteiger partial charge in [0.15, 0.2) is 0 Å². The molecule has 1 saturated heterocycles. The molecule has 2 heterocycles. The quantitative estimate of drug-likeness (QED) is 0.848. The Morgan fingerprint density at radius 1 is 1.05 bits per heavy atom. The summed E-state index contributed by atoms with van der Waals surface area (Å²) < 4.78 is 13.8. The van der Waals surface area contributed by atoms with E-state index in [1.54, 1.807) is 6.07 Å². The Labute approximate surface area is 131 Å². The zero-order valence-corrected chi connectivity index (χ0v) is 13.2. The lowest BCUT2D eigenvalue weighted by atomic mass is 10.2. The third-order valence-corrected chi connectivity index (χ3v) is 4.02. The highest BCUT2D eigenvalue weighted by Crippen LogP contribution is 2.21. The molecule has 5 heteroatoms. The van der Waals surface area contributed by atoms with Crippen LogP contribution in [0.1, 0.15) is 13.8 Å². The van der Waals surface area contributed by atoms with E-state index in [-0.39, 0.29) is 18.2 Å². The average Bonchev–Trinajstić information content (AvgIpc) is 2.47. The molecular formula is C16H21ClFN3. The smallest absolute Gasteiger partial charge is 0.149 e. The third-order valence-electron chi connectivity index (χ3n) is 4.02. The molecule has 114 valence electrons. The standard InChI is InChI=1S/C16H20FN3.ClH/c1-12(2)19-8-10-20(11-9-19)15-7-6-13-4-3-5-14(17)16(13)18-15;/h3-7,12H,8-11H2,1-2H3;1H. The van der Waals surface area contributed by atoms with Gasteiger partial charge in [0.1, 0.15) is 17.2 Å². The third kappa shape index (κ3) is 3.27. The minimum atomic E-state index is -0.245. The molecule has 1 aliphatic heterocycles. The van der Waals surface area contributed by atoms with E-state index in [9.17, 15) is 4.39 Å². The minimum Gasteiger partial charge on any atom is -0.354 e. The summed E-state index contributed by atoms with van der Waals surface area (Å²) in [7, 11) is 0. The Bertz CT molecular complexity index is 609. The van der Waals surface area contributed by atoms with Crippen molar-refractivity contribution in [2.75, 3.05) is 31.1 Å². The molecule has 0 aliphatic carbocycles. The summed E-state index contributed by atoms with van der Waals surface area (Å²) >= 11 is 0. The van der Waals surface area contributed by atoms with Crippen LogP contribution in [0.4, 0.5) is 10.2 Å². The predicted octanol–water partition coefficient (Wildman–Crippen LogP) is 3.33. The SMILES string of the molecule is CC(C)N1CCN(c2ccc3cccc(F)c3n2)CC1.Cl. The summed E-state index contributed by atoms with van der Waals surface area (Å²) in [5.74, 6) is 0.635. The largest absolute Gasteiger partial charge is 0.354 e. The number of piperazine rings is 1. The summed E-state index contributed by atoms with van der Waals surface area (Å²) in [4.78, 5) is 9.20. The number of hydrogen-bond acceptors (Lipinski definition) is 3. The lowest BCUT2D eigenvalue weighted by molar-refractivity contribution is 0.209. The van der Waals surface area contributed by atoms with E-state index in [1.807, 2.05) is 18.2 Å². The van der Waals surface area contributed by atoms with Crippen molar-refractivity contribution in [2.24, 2.45) is 0 Å². The van der Waals surface area contributed by atoms with Gasteiger partial charge in [0.05, 0.1) is 0 Å². The van der Waals surface area contributed by atoms with E-state index in [1.165, 1.54) is 6.07 Å². The molecule has 0 spiro atoms. The fourth-order valence-electron chi connectivity index (χ4n) is 2.74. The first-order chi connectivity index (χ1) is 9.65. The Balaban J connectivity index is 0.00000161. The van der Waals surface area contributed by atoms with Crippen molar-refractivity contribution in [1.29, 1.82) is 0 Å². The number of nitrogens with zero attached hydrogens (tertiary/aromatic N) is 3. The maximum absolute atomic E-state index is 13.8. The van der Waals surface area contributed by atoms with Crippen LogP contribution in [0.25, 0.3) is 10.9 Å². The Hall–Kier alpha value is -1.39. The molecule has 0 bridgehead atoms. The van der Waals surface area contributed by atoms with Gasteiger partial charge in [-0.05, 0) is 32.0 Å². The van der Waals surface area contributed by atoms with Crippen LogP contribution in [0.2, 0.25) is 0 Å². The van der Waals surface area contributed by atoms with E-state index in [4.69, 9.17) is 0 Å². The summed E-state index contributed by atoms with van der Waals surface area (Å²) in [6.45, 7) is 8.41. The van der Waals surface area contributed by atoms with Crippen LogP contribution >= 0.6 is 12.4 Å². The molecule has 0 N–H and O–H groups in total. The minimum absolute atomic E-state index is 0. The van der Waals surface area contributed by atoms with Crippen molar-refractivity contribution < 1.29 is 4.39 Å². The zero-order chi connectivity index (χ0) is 14.1. The van der Waals surface area contributed by atoms with Gasteiger partial charge in [-0.2, -0.15) is 0 Å². The summed E-state index contributed by atoms with van der Waals surface area (Å²) in [6, 6.07) is 9.61. The molecule has 0 atom stereocenters. The summed E-state index contributed by atoms with van der Waals surface area (Å²) in [6.07, 6.45) is 0. The molecule has 3 nitrogen and oxygen atoms in total. The van der Waals surface area contributed by atoms with Gasteiger partial charge < -0.3 is 4.90 Å². The highest BCUT2D eigenvalue weighted by atomic mass is 35.5. The number of benzene rings is 1. The fraction of sp³-hybridized carbons (Fsp3) is 0.438. The van der Waals surface area contributed by atoms with Crippen LogP contribution in [0.15, 0.2) is 30.3 Å². The normalized spacial score (nSPS) is 16.3. The lowest BCUT2D eigenvalue weighted by Gasteiger charge is -2.37. The van der Waals surface area contributed by atoms with Crippen LogP contribution in [0.3, 0.4) is 0 Å². The van der Waals surface area contributed by atoms with Crippen LogP contribution in [-0.2, 0) is 0 Å². The van der Waals surface area contributed by atoms with E-state index in [0.29, 0.717) is 11.6 Å². The lowest BCUT2D eigenvalue weighted by Crippen LogP contribution is -2.49. The monoisotopic (exact) mass is 309 g/mol. The Morgan fingerprint density at radius 2 is 1.76 bits per heavy atom. The van der Waals surface area contributed by atoms with E-state index >= 15 is 0 Å². The highest BCUT2D eigenvalue weighted by molar-refractivity contribution is 5.85. The van der Waals surface area contributed by atoms with Gasteiger partial charge in [0.25, 0.3) is 0 Å². The molecule has 21 heavy (non-hydrogen) atoms. The first-order valence-corrected chi connectivity index (χ1v) is 7.19. The van der Waals surface area contributed by atoms with Gasteiger partial charge >= 0.3 is 0 Å². The molecule has 1 fully saturated rings.